The highest BCUT2D eigenvalue weighted by Crippen LogP contribution is 2.41. The van der Waals surface area contributed by atoms with Crippen molar-refractivity contribution in [3.8, 4) is 41.2 Å². The molecule has 0 saturated carbocycles. The molecular formula is C28H30F2N4O4. The molecule has 0 saturated heterocycles. The molecule has 0 unspecified atom stereocenters. The smallest absolute Gasteiger partial charge is 0.319 e. The van der Waals surface area contributed by atoms with Crippen molar-refractivity contribution in [2.75, 3.05) is 38.8 Å². The van der Waals surface area contributed by atoms with E-state index in [0.717, 1.165) is 0 Å². The number of benzene rings is 2. The molecule has 0 radical (unpaired) electrons. The topological polar surface area (TPSA) is 101 Å². The molecule has 10 heteroatoms. The van der Waals surface area contributed by atoms with Gasteiger partial charge in [0.05, 0.1) is 25.9 Å². The summed E-state index contributed by atoms with van der Waals surface area (Å²) in [6, 6.07) is 5.17. The number of likely N-dealkylation sites (N-methyl/N-ethyl adjacent to an activating group) is 1. The van der Waals surface area contributed by atoms with E-state index in [1.807, 2.05) is 0 Å². The second kappa shape index (κ2) is 12.3. The van der Waals surface area contributed by atoms with Gasteiger partial charge in [0.1, 0.15) is 34.0 Å². The molecular weight excluding hydrogens is 494 g/mol. The Hall–Kier alpha value is -4.23. The van der Waals surface area contributed by atoms with Crippen LogP contribution in [0.15, 0.2) is 24.3 Å². The third kappa shape index (κ3) is 5.38. The van der Waals surface area contributed by atoms with Crippen molar-refractivity contribution in [1.82, 2.24) is 15.0 Å². The van der Waals surface area contributed by atoms with Gasteiger partial charge in [-0.3, -0.25) is 0 Å². The fourth-order valence-corrected chi connectivity index (χ4v) is 3.91. The van der Waals surface area contributed by atoms with Crippen LogP contribution in [0.3, 0.4) is 0 Å². The van der Waals surface area contributed by atoms with Gasteiger partial charge >= 0.3 is 6.01 Å². The summed E-state index contributed by atoms with van der Waals surface area (Å²) >= 11 is 0. The van der Waals surface area contributed by atoms with Crippen LogP contribution in [0.4, 0.5) is 14.6 Å². The molecule has 0 atom stereocenters. The molecule has 8 nitrogen and oxygen atoms in total. The summed E-state index contributed by atoms with van der Waals surface area (Å²) < 4.78 is 41.6. The van der Waals surface area contributed by atoms with Crippen LogP contribution >= 0.6 is 0 Å². The number of methoxy groups -OCH3 is 1. The average Bonchev–Trinajstić information content (AvgIpc) is 2.89. The maximum atomic E-state index is 16.2. The number of ether oxygens (including phenoxy) is 2. The average molecular weight is 525 g/mol. The molecule has 2 N–H and O–H groups in total. The van der Waals surface area contributed by atoms with Crippen molar-refractivity contribution >= 4 is 27.5 Å². The molecule has 0 aliphatic rings. The number of fused-ring (bicyclic) bond motifs is 2. The van der Waals surface area contributed by atoms with Gasteiger partial charge in [0.25, 0.3) is 0 Å². The van der Waals surface area contributed by atoms with E-state index in [-0.39, 0.29) is 76.3 Å². The molecule has 4 aromatic rings. The lowest BCUT2D eigenvalue weighted by molar-refractivity contribution is 0.302. The van der Waals surface area contributed by atoms with E-state index in [1.54, 1.807) is 18.9 Å². The van der Waals surface area contributed by atoms with Crippen molar-refractivity contribution in [3.05, 3.63) is 41.5 Å². The van der Waals surface area contributed by atoms with Gasteiger partial charge in [0.2, 0.25) is 5.88 Å². The number of phenolic OH excluding ortho intramolecular Hbond substituents is 1. The van der Waals surface area contributed by atoms with Crippen molar-refractivity contribution in [2.24, 2.45) is 0 Å². The number of hydrogen-bond acceptors (Lipinski definition) is 8. The third-order valence-corrected chi connectivity index (χ3v) is 5.43. The monoisotopic (exact) mass is 524 g/mol. The van der Waals surface area contributed by atoms with Crippen molar-refractivity contribution < 1.29 is 28.5 Å². The fraction of sp³-hybridized carbons (Fsp3) is 0.321. The summed E-state index contributed by atoms with van der Waals surface area (Å²) in [7, 11) is 3.01. The lowest BCUT2D eigenvalue weighted by atomic mass is 9.95. The number of halogens is 2. The Bertz CT molecular complexity index is 1500. The fourth-order valence-electron chi connectivity index (χ4n) is 3.91. The first-order valence-corrected chi connectivity index (χ1v) is 12.1. The number of aromatic nitrogens is 3. The largest absolute Gasteiger partial charge is 0.508 e. The highest BCUT2D eigenvalue weighted by Gasteiger charge is 2.26. The number of nitrogens with zero attached hydrogens (tertiary/aromatic N) is 4. The van der Waals surface area contributed by atoms with Crippen LogP contribution in [0.5, 0.6) is 17.6 Å². The van der Waals surface area contributed by atoms with Crippen LogP contribution in [0.1, 0.15) is 32.8 Å². The van der Waals surface area contributed by atoms with E-state index in [9.17, 15) is 14.6 Å². The molecule has 2 aromatic carbocycles. The second-order valence-electron chi connectivity index (χ2n) is 8.28. The molecule has 0 spiro atoms. The zero-order chi connectivity index (χ0) is 28.0. The summed E-state index contributed by atoms with van der Waals surface area (Å²) in [5, 5.41) is 20.5. The highest BCUT2D eigenvalue weighted by atomic mass is 19.1. The number of phenols is 1. The SMILES string of the molecule is C#Cc1c(F)ccc2cc(O)cc(-c3nc(OC)c4c(N(C)CCO)nc(OCC)nc4c3F)c12.CCC. The van der Waals surface area contributed by atoms with Crippen molar-refractivity contribution in [2.45, 2.75) is 27.2 Å². The number of rotatable bonds is 7. The Labute approximate surface area is 219 Å². The van der Waals surface area contributed by atoms with Crippen LogP contribution in [-0.4, -0.2) is 59.1 Å². The Morgan fingerprint density at radius 1 is 1.08 bits per heavy atom. The number of anilines is 1. The molecule has 0 amide bonds. The Morgan fingerprint density at radius 3 is 2.39 bits per heavy atom. The van der Waals surface area contributed by atoms with Gasteiger partial charge in [-0.2, -0.15) is 9.97 Å². The number of aliphatic hydroxyl groups excluding tert-OH is 1. The highest BCUT2D eigenvalue weighted by molar-refractivity contribution is 6.04. The van der Waals surface area contributed by atoms with Crippen molar-refractivity contribution in [3.63, 3.8) is 0 Å². The van der Waals surface area contributed by atoms with Crippen molar-refractivity contribution in [1.29, 1.82) is 0 Å². The summed E-state index contributed by atoms with van der Waals surface area (Å²) in [5.41, 5.74) is -0.458. The van der Waals surface area contributed by atoms with E-state index in [2.05, 4.69) is 34.7 Å². The molecule has 0 bridgehead atoms. The first kappa shape index (κ1) is 28.3. The van der Waals surface area contributed by atoms with Gasteiger partial charge in [-0.1, -0.05) is 32.3 Å². The zero-order valence-electron chi connectivity index (χ0n) is 22.0. The molecule has 2 heterocycles. The molecule has 0 aliphatic heterocycles. The second-order valence-corrected chi connectivity index (χ2v) is 8.28. The maximum Gasteiger partial charge on any atom is 0.319 e. The molecule has 200 valence electrons. The van der Waals surface area contributed by atoms with Gasteiger partial charge in [0.15, 0.2) is 5.82 Å². The maximum absolute atomic E-state index is 16.2. The lowest BCUT2D eigenvalue weighted by Gasteiger charge is -2.21. The first-order chi connectivity index (χ1) is 18.3. The molecule has 4 rings (SSSR count). The first-order valence-electron chi connectivity index (χ1n) is 12.1. The van der Waals surface area contributed by atoms with E-state index < -0.39 is 11.6 Å². The number of hydrogen-bond donors (Lipinski definition) is 2. The molecule has 2 aromatic heterocycles. The normalized spacial score (nSPS) is 10.6. The molecule has 0 aliphatic carbocycles. The predicted octanol–water partition coefficient (Wildman–Crippen LogP) is 5.06. The van der Waals surface area contributed by atoms with Gasteiger partial charge in [-0.05, 0) is 30.5 Å². The minimum absolute atomic E-state index is 0.0191. The number of aliphatic hydroxyl groups is 1. The predicted molar refractivity (Wildman–Crippen MR) is 144 cm³/mol. The van der Waals surface area contributed by atoms with Crippen LogP contribution < -0.4 is 14.4 Å². The summed E-state index contributed by atoms with van der Waals surface area (Å²) in [6.45, 7) is 6.21. The Balaban J connectivity index is 0.00000127. The van der Waals surface area contributed by atoms with Gasteiger partial charge in [-0.15, -0.1) is 6.42 Å². The standard InChI is InChI=1S/C25H22F2N4O4.C3H8/c1-5-15-17(26)8-7-13-11-14(33)12-16(18(13)15)21-20(27)22-19(24(28-21)34-4)23(31(3)9-10-32)30-25(29-22)35-6-2;1-3-2/h1,7-8,11-12,32-33H,6,9-10H2,2-4H3;3H2,1-2H3. The van der Waals surface area contributed by atoms with E-state index in [0.29, 0.717) is 5.39 Å². The summed E-state index contributed by atoms with van der Waals surface area (Å²) in [5.74, 6) is 0.782. The van der Waals surface area contributed by atoms with E-state index in [4.69, 9.17) is 15.9 Å². The summed E-state index contributed by atoms with van der Waals surface area (Å²) in [4.78, 5) is 14.5. The minimum Gasteiger partial charge on any atom is -0.508 e. The van der Waals surface area contributed by atoms with Gasteiger partial charge < -0.3 is 24.6 Å². The quantitative estimate of drug-likeness (QED) is 0.324. The zero-order valence-corrected chi connectivity index (χ0v) is 22.0. The lowest BCUT2D eigenvalue weighted by Crippen LogP contribution is -2.23. The van der Waals surface area contributed by atoms with Gasteiger partial charge in [0, 0.05) is 24.5 Å². The Kier molecular flexibility index (Phi) is 9.20. The molecule has 38 heavy (non-hydrogen) atoms. The van der Waals surface area contributed by atoms with E-state index >= 15 is 4.39 Å². The van der Waals surface area contributed by atoms with Crippen LogP contribution in [0, 0.1) is 24.0 Å². The number of aromatic hydroxyl groups is 1. The van der Waals surface area contributed by atoms with Gasteiger partial charge in [-0.25, -0.2) is 13.8 Å². The summed E-state index contributed by atoms with van der Waals surface area (Å²) in [6.07, 6.45) is 6.82. The molecule has 0 fully saturated rings. The number of terminal acetylenes is 1. The number of pyridine rings is 1. The van der Waals surface area contributed by atoms with Crippen LogP contribution in [0.25, 0.3) is 32.9 Å². The van der Waals surface area contributed by atoms with Crippen LogP contribution in [-0.2, 0) is 0 Å². The van der Waals surface area contributed by atoms with E-state index in [1.165, 1.54) is 37.8 Å². The minimum atomic E-state index is -0.873. The Morgan fingerprint density at radius 2 is 1.79 bits per heavy atom. The van der Waals surface area contributed by atoms with Crippen LogP contribution in [0.2, 0.25) is 0 Å². The third-order valence-electron chi connectivity index (χ3n) is 5.43.